The van der Waals surface area contributed by atoms with Crippen LogP contribution in [-0.4, -0.2) is 15.5 Å². The first-order chi connectivity index (χ1) is 14.7. The number of fused-ring (bicyclic) bond motifs is 2. The number of halogens is 1. The molecular weight excluding hydrogens is 417 g/mol. The number of benzene rings is 2. The maximum Gasteiger partial charge on any atom is 0.280 e. The number of thiophene rings is 1. The van der Waals surface area contributed by atoms with Crippen molar-refractivity contribution in [3.8, 4) is 10.6 Å². The molecule has 0 unspecified atom stereocenters. The zero-order valence-corrected chi connectivity index (χ0v) is 17.6. The number of aryl methyl sites for hydroxylation is 1. The van der Waals surface area contributed by atoms with Crippen LogP contribution in [0.4, 0.5) is 4.39 Å². The van der Waals surface area contributed by atoms with Gasteiger partial charge in [-0.15, -0.1) is 11.3 Å². The van der Waals surface area contributed by atoms with Crippen molar-refractivity contribution >= 4 is 49.7 Å². The Bertz CT molecular complexity index is 1470. The lowest BCUT2D eigenvalue weighted by molar-refractivity contribution is 0.0999. The monoisotopic (exact) mass is 433 g/mol. The Balaban J connectivity index is 1.73. The molecule has 0 radical (unpaired) electrons. The van der Waals surface area contributed by atoms with Gasteiger partial charge in [0.2, 0.25) is 0 Å². The molecule has 4 nitrogen and oxygen atoms in total. The van der Waals surface area contributed by atoms with Crippen molar-refractivity contribution in [1.82, 2.24) is 9.55 Å². The van der Waals surface area contributed by atoms with E-state index in [4.69, 9.17) is 4.98 Å². The van der Waals surface area contributed by atoms with Gasteiger partial charge in [-0.05, 0) is 42.6 Å². The molecule has 3 aromatic heterocycles. The minimum absolute atomic E-state index is 0.311. The van der Waals surface area contributed by atoms with E-state index in [0.29, 0.717) is 22.4 Å². The number of nitrogens with zero attached hydrogens (tertiary/aromatic N) is 3. The summed E-state index contributed by atoms with van der Waals surface area (Å²) in [6.45, 7) is 2.43. The van der Waals surface area contributed by atoms with E-state index in [-0.39, 0.29) is 11.7 Å². The molecule has 0 aliphatic heterocycles. The molecule has 0 fully saturated rings. The highest BCUT2D eigenvalue weighted by atomic mass is 32.1. The number of amides is 1. The van der Waals surface area contributed by atoms with Crippen LogP contribution >= 0.6 is 22.7 Å². The number of para-hydroxylation sites is 2. The number of thiazole rings is 1. The maximum atomic E-state index is 14.4. The summed E-state index contributed by atoms with van der Waals surface area (Å²) in [6.07, 6.45) is 0. The van der Waals surface area contributed by atoms with E-state index in [1.807, 2.05) is 54.8 Å². The summed E-state index contributed by atoms with van der Waals surface area (Å²) < 4.78 is 16.9. The molecule has 0 aliphatic rings. The molecule has 7 heteroatoms. The quantitative estimate of drug-likeness (QED) is 0.357. The van der Waals surface area contributed by atoms with Gasteiger partial charge in [-0.2, -0.15) is 4.99 Å². The van der Waals surface area contributed by atoms with Crippen LogP contribution in [0.25, 0.3) is 31.7 Å². The largest absolute Gasteiger partial charge is 0.314 e. The lowest BCUT2D eigenvalue weighted by Gasteiger charge is -2.06. The third kappa shape index (κ3) is 3.16. The minimum Gasteiger partial charge on any atom is -0.314 e. The average Bonchev–Trinajstić information content (AvgIpc) is 3.41. The fraction of sp³-hybridized carbons (Fsp3) is 0.0870. The van der Waals surface area contributed by atoms with Crippen molar-refractivity contribution in [1.29, 1.82) is 0 Å². The molecule has 5 aromatic rings. The van der Waals surface area contributed by atoms with Crippen LogP contribution in [0.2, 0.25) is 0 Å². The summed E-state index contributed by atoms with van der Waals surface area (Å²) in [4.78, 5) is 23.9. The van der Waals surface area contributed by atoms with E-state index in [1.165, 1.54) is 17.4 Å². The van der Waals surface area contributed by atoms with Crippen LogP contribution in [-0.2, 0) is 6.54 Å². The van der Waals surface area contributed by atoms with Gasteiger partial charge in [0.15, 0.2) is 4.80 Å². The molecule has 0 aliphatic carbocycles. The molecule has 0 spiro atoms. The lowest BCUT2D eigenvalue weighted by atomic mass is 10.1. The van der Waals surface area contributed by atoms with Crippen LogP contribution in [0.1, 0.15) is 17.3 Å². The number of aromatic nitrogens is 2. The molecule has 0 saturated carbocycles. The molecule has 30 heavy (non-hydrogen) atoms. The highest BCUT2D eigenvalue weighted by Crippen LogP contribution is 2.28. The number of rotatable bonds is 3. The van der Waals surface area contributed by atoms with Crippen LogP contribution in [0.3, 0.4) is 0 Å². The van der Waals surface area contributed by atoms with E-state index in [1.54, 1.807) is 28.0 Å². The standard InChI is InChI=1S/C23H16FN3OS2/c1-2-27-21-16(24)8-5-10-20(21)30-23(27)26-22(28)15-13-18(19-11-6-12-29-19)25-17-9-4-3-7-14(15)17/h3-13H,2H2,1H3. The van der Waals surface area contributed by atoms with E-state index in [0.717, 1.165) is 26.2 Å². The number of hydrogen-bond donors (Lipinski definition) is 0. The van der Waals surface area contributed by atoms with Crippen molar-refractivity contribution in [3.63, 3.8) is 0 Å². The number of carbonyl (C=O) groups excluding carboxylic acids is 1. The summed E-state index contributed by atoms with van der Waals surface area (Å²) in [5.41, 5.74) is 2.46. The molecule has 0 saturated heterocycles. The molecule has 0 N–H and O–H groups in total. The van der Waals surface area contributed by atoms with Crippen molar-refractivity contribution in [3.05, 3.63) is 82.2 Å². The van der Waals surface area contributed by atoms with Gasteiger partial charge in [-0.25, -0.2) is 9.37 Å². The summed E-state index contributed by atoms with van der Waals surface area (Å²) in [7, 11) is 0. The van der Waals surface area contributed by atoms with Crippen molar-refractivity contribution in [2.75, 3.05) is 0 Å². The third-order valence-corrected chi connectivity index (χ3v) is 6.82. The molecule has 2 aromatic carbocycles. The first-order valence-electron chi connectivity index (χ1n) is 9.46. The topological polar surface area (TPSA) is 47.2 Å². The highest BCUT2D eigenvalue weighted by molar-refractivity contribution is 7.16. The minimum atomic E-state index is -0.361. The first kappa shape index (κ1) is 18.8. The average molecular weight is 434 g/mol. The predicted molar refractivity (Wildman–Crippen MR) is 120 cm³/mol. The van der Waals surface area contributed by atoms with Gasteiger partial charge in [-0.3, -0.25) is 4.79 Å². The Hall–Kier alpha value is -3.16. The van der Waals surface area contributed by atoms with Gasteiger partial charge < -0.3 is 4.57 Å². The van der Waals surface area contributed by atoms with Crippen molar-refractivity contribution < 1.29 is 9.18 Å². The lowest BCUT2D eigenvalue weighted by Crippen LogP contribution is -2.16. The molecule has 0 atom stereocenters. The van der Waals surface area contributed by atoms with Gasteiger partial charge in [-0.1, -0.05) is 41.7 Å². The summed E-state index contributed by atoms with van der Waals surface area (Å²) in [5.74, 6) is -0.672. The second kappa shape index (κ2) is 7.59. The molecule has 1 amide bonds. The predicted octanol–water partition coefficient (Wildman–Crippen LogP) is 5.88. The Morgan fingerprint density at radius 3 is 2.80 bits per heavy atom. The van der Waals surface area contributed by atoms with Gasteiger partial charge in [0.05, 0.1) is 31.9 Å². The maximum absolute atomic E-state index is 14.4. The fourth-order valence-electron chi connectivity index (χ4n) is 3.52. The number of pyridine rings is 1. The molecule has 3 heterocycles. The van der Waals surface area contributed by atoms with E-state index < -0.39 is 0 Å². The van der Waals surface area contributed by atoms with Gasteiger partial charge in [0, 0.05) is 11.9 Å². The molecule has 0 bridgehead atoms. The Labute approximate surface area is 179 Å². The fourth-order valence-corrected chi connectivity index (χ4v) is 5.31. The zero-order chi connectivity index (χ0) is 20.7. The third-order valence-electron chi connectivity index (χ3n) is 4.89. The Kier molecular flexibility index (Phi) is 4.77. The van der Waals surface area contributed by atoms with Crippen molar-refractivity contribution in [2.24, 2.45) is 4.99 Å². The van der Waals surface area contributed by atoms with E-state index in [9.17, 15) is 9.18 Å². The van der Waals surface area contributed by atoms with Crippen LogP contribution < -0.4 is 4.80 Å². The first-order valence-corrected chi connectivity index (χ1v) is 11.2. The molecular formula is C23H16FN3OS2. The van der Waals surface area contributed by atoms with Gasteiger partial charge in [0.1, 0.15) is 5.82 Å². The number of hydrogen-bond acceptors (Lipinski definition) is 4. The molecule has 148 valence electrons. The Morgan fingerprint density at radius 1 is 1.13 bits per heavy atom. The highest BCUT2D eigenvalue weighted by Gasteiger charge is 2.16. The second-order valence-electron chi connectivity index (χ2n) is 6.68. The van der Waals surface area contributed by atoms with Crippen LogP contribution in [0.5, 0.6) is 0 Å². The van der Waals surface area contributed by atoms with Crippen LogP contribution in [0, 0.1) is 5.82 Å². The molecule has 5 rings (SSSR count). The zero-order valence-electron chi connectivity index (χ0n) is 16.0. The smallest absolute Gasteiger partial charge is 0.280 e. The summed E-state index contributed by atoms with van der Waals surface area (Å²) in [6, 6.07) is 18.2. The SMILES string of the molecule is CCn1c(=NC(=O)c2cc(-c3cccs3)nc3ccccc23)sc2cccc(F)c21. The summed E-state index contributed by atoms with van der Waals surface area (Å²) in [5, 5.41) is 2.73. The number of carbonyl (C=O) groups is 1. The van der Waals surface area contributed by atoms with Crippen LogP contribution in [0.15, 0.2) is 71.0 Å². The van der Waals surface area contributed by atoms with Crippen molar-refractivity contribution in [2.45, 2.75) is 13.5 Å². The normalized spacial score (nSPS) is 12.1. The van der Waals surface area contributed by atoms with E-state index in [2.05, 4.69) is 4.99 Å². The second-order valence-corrected chi connectivity index (χ2v) is 8.64. The summed E-state index contributed by atoms with van der Waals surface area (Å²) >= 11 is 2.89. The van der Waals surface area contributed by atoms with E-state index >= 15 is 0 Å². The van der Waals surface area contributed by atoms with Gasteiger partial charge in [0.25, 0.3) is 5.91 Å². The Morgan fingerprint density at radius 2 is 2.00 bits per heavy atom. The van der Waals surface area contributed by atoms with Gasteiger partial charge >= 0.3 is 0 Å².